The second kappa shape index (κ2) is 8.56. The molecule has 0 spiro atoms. The van der Waals surface area contributed by atoms with Crippen molar-refractivity contribution in [2.24, 2.45) is 0 Å². The van der Waals surface area contributed by atoms with Crippen LogP contribution in [0.3, 0.4) is 0 Å². The summed E-state index contributed by atoms with van der Waals surface area (Å²) >= 11 is 0. The normalized spacial score (nSPS) is 10.5. The van der Waals surface area contributed by atoms with E-state index in [0.29, 0.717) is 17.2 Å². The number of esters is 2. The summed E-state index contributed by atoms with van der Waals surface area (Å²) in [6, 6.07) is 5.55. The van der Waals surface area contributed by atoms with Crippen molar-refractivity contribution in [1.29, 1.82) is 0 Å². The van der Waals surface area contributed by atoms with Crippen molar-refractivity contribution < 1.29 is 28.5 Å². The predicted octanol–water partition coefficient (Wildman–Crippen LogP) is 4.19. The maximum Gasteiger partial charge on any atom is 0.311 e. The Kier molecular flexibility index (Phi) is 6.44. The molecule has 2 aromatic carbocycles. The first-order valence-corrected chi connectivity index (χ1v) is 8.56. The van der Waals surface area contributed by atoms with Crippen LogP contribution in [0.2, 0.25) is 0 Å². The predicted molar refractivity (Wildman–Crippen MR) is 98.3 cm³/mol. The van der Waals surface area contributed by atoms with Crippen molar-refractivity contribution in [3.8, 4) is 23.0 Å². The van der Waals surface area contributed by atoms with Crippen LogP contribution in [-0.4, -0.2) is 26.2 Å². The van der Waals surface area contributed by atoms with Crippen LogP contribution in [0.1, 0.15) is 38.7 Å². The second-order valence-corrected chi connectivity index (χ2v) is 5.83. The summed E-state index contributed by atoms with van der Waals surface area (Å²) in [6.07, 6.45) is 1.17. The molecule has 0 aliphatic carbocycles. The minimum absolute atomic E-state index is 0.213. The average molecular weight is 360 g/mol. The second-order valence-electron chi connectivity index (χ2n) is 5.83. The van der Waals surface area contributed by atoms with Gasteiger partial charge in [0.25, 0.3) is 0 Å². The van der Waals surface area contributed by atoms with E-state index >= 15 is 0 Å². The van der Waals surface area contributed by atoms with Crippen molar-refractivity contribution in [3.63, 3.8) is 0 Å². The molecule has 2 rings (SSSR count). The lowest BCUT2D eigenvalue weighted by molar-refractivity contribution is -0.135. The van der Waals surface area contributed by atoms with Gasteiger partial charge in [0.1, 0.15) is 0 Å². The van der Waals surface area contributed by atoms with Gasteiger partial charge in [-0.3, -0.25) is 9.59 Å². The first kappa shape index (κ1) is 19.6. The smallest absolute Gasteiger partial charge is 0.311 e. The zero-order chi connectivity index (χ0) is 19.3. The molecule has 2 aromatic rings. The molecule has 0 saturated heterocycles. The minimum Gasteiger partial charge on any atom is -0.490 e. The van der Waals surface area contributed by atoms with Crippen LogP contribution in [0.5, 0.6) is 23.0 Å². The van der Waals surface area contributed by atoms with Gasteiger partial charge in [0.2, 0.25) is 11.5 Å². The fourth-order valence-corrected chi connectivity index (χ4v) is 2.62. The van der Waals surface area contributed by atoms with Gasteiger partial charge >= 0.3 is 11.9 Å². The molecule has 0 aromatic heterocycles. The SMILES string of the molecule is CCCC(=O)Oc1c(OC)c(OC)c(OC(=O)CC)c2ccc(C)cc12. The highest BCUT2D eigenvalue weighted by Gasteiger charge is 2.26. The van der Waals surface area contributed by atoms with E-state index in [2.05, 4.69) is 0 Å². The lowest BCUT2D eigenvalue weighted by Crippen LogP contribution is -2.11. The number of rotatable bonds is 7. The van der Waals surface area contributed by atoms with Crippen LogP contribution < -0.4 is 18.9 Å². The molecule has 0 saturated carbocycles. The summed E-state index contributed by atoms with van der Waals surface area (Å²) in [5.41, 5.74) is 0.963. The van der Waals surface area contributed by atoms with E-state index < -0.39 is 5.97 Å². The highest BCUT2D eigenvalue weighted by Crippen LogP contribution is 2.51. The molecule has 140 valence electrons. The third kappa shape index (κ3) is 3.90. The standard InChI is InChI=1S/C20H24O6/c1-6-8-16(22)26-18-14-11-12(3)9-10-13(14)17(25-15(21)7-2)19(23-4)20(18)24-5/h9-11H,6-8H2,1-5H3. The van der Waals surface area contributed by atoms with Crippen LogP contribution in [0.4, 0.5) is 0 Å². The molecule has 0 fully saturated rings. The van der Waals surface area contributed by atoms with E-state index in [1.54, 1.807) is 6.92 Å². The summed E-state index contributed by atoms with van der Waals surface area (Å²) in [6.45, 7) is 5.53. The van der Waals surface area contributed by atoms with Gasteiger partial charge in [-0.05, 0) is 19.4 Å². The average Bonchev–Trinajstić information content (AvgIpc) is 2.62. The number of hydrogen-bond donors (Lipinski definition) is 0. The maximum atomic E-state index is 12.1. The number of benzene rings is 2. The molecular formula is C20H24O6. The zero-order valence-corrected chi connectivity index (χ0v) is 15.8. The van der Waals surface area contributed by atoms with Crippen LogP contribution in [0.25, 0.3) is 10.8 Å². The summed E-state index contributed by atoms with van der Waals surface area (Å²) < 4.78 is 22.0. The zero-order valence-electron chi connectivity index (χ0n) is 15.8. The van der Waals surface area contributed by atoms with Crippen molar-refractivity contribution in [2.45, 2.75) is 40.0 Å². The van der Waals surface area contributed by atoms with E-state index in [0.717, 1.165) is 5.56 Å². The Morgan fingerprint density at radius 2 is 1.42 bits per heavy atom. The fraction of sp³-hybridized carbons (Fsp3) is 0.400. The molecule has 0 amide bonds. The number of fused-ring (bicyclic) bond motifs is 1. The molecule has 0 aliphatic heterocycles. The molecule has 0 N–H and O–H groups in total. The van der Waals surface area contributed by atoms with Gasteiger partial charge in [0.05, 0.1) is 14.2 Å². The molecular weight excluding hydrogens is 336 g/mol. The first-order valence-electron chi connectivity index (χ1n) is 8.56. The molecule has 6 heteroatoms. The number of carbonyl (C=O) groups excluding carboxylic acids is 2. The molecule has 0 bridgehead atoms. The Labute approximate surface area is 153 Å². The Morgan fingerprint density at radius 1 is 0.846 bits per heavy atom. The monoisotopic (exact) mass is 360 g/mol. The number of carbonyl (C=O) groups is 2. The highest BCUT2D eigenvalue weighted by atomic mass is 16.6. The quantitative estimate of drug-likeness (QED) is 0.545. The summed E-state index contributed by atoms with van der Waals surface area (Å²) in [5.74, 6) is 0.176. The molecule has 0 radical (unpaired) electrons. The largest absolute Gasteiger partial charge is 0.490 e. The lowest BCUT2D eigenvalue weighted by Gasteiger charge is -2.19. The molecule has 6 nitrogen and oxygen atoms in total. The summed E-state index contributed by atoms with van der Waals surface area (Å²) in [4.78, 5) is 24.0. The molecule has 0 unspecified atom stereocenters. The molecule has 26 heavy (non-hydrogen) atoms. The van der Waals surface area contributed by atoms with Crippen LogP contribution in [0, 0.1) is 6.92 Å². The fourth-order valence-electron chi connectivity index (χ4n) is 2.62. The van der Waals surface area contributed by atoms with Crippen molar-refractivity contribution >= 4 is 22.7 Å². The number of hydrogen-bond acceptors (Lipinski definition) is 6. The molecule has 0 heterocycles. The summed E-state index contributed by atoms with van der Waals surface area (Å²) in [5, 5.41) is 1.22. The van der Waals surface area contributed by atoms with Gasteiger partial charge in [-0.25, -0.2) is 0 Å². The van der Waals surface area contributed by atoms with Crippen LogP contribution in [0.15, 0.2) is 18.2 Å². The topological polar surface area (TPSA) is 71.1 Å². The Balaban J connectivity index is 2.80. The van der Waals surface area contributed by atoms with Crippen molar-refractivity contribution in [3.05, 3.63) is 23.8 Å². The Bertz CT molecular complexity index is 825. The number of aryl methyl sites for hydroxylation is 1. The van der Waals surface area contributed by atoms with E-state index in [1.807, 2.05) is 32.0 Å². The van der Waals surface area contributed by atoms with Gasteiger partial charge in [-0.15, -0.1) is 0 Å². The Morgan fingerprint density at radius 3 is 1.96 bits per heavy atom. The van der Waals surface area contributed by atoms with E-state index in [1.165, 1.54) is 14.2 Å². The van der Waals surface area contributed by atoms with Crippen molar-refractivity contribution in [2.75, 3.05) is 14.2 Å². The number of ether oxygens (including phenoxy) is 4. The third-order valence-electron chi connectivity index (χ3n) is 3.87. The first-order chi connectivity index (χ1) is 12.5. The maximum absolute atomic E-state index is 12.1. The minimum atomic E-state index is -0.400. The molecule has 0 aliphatic rings. The van der Waals surface area contributed by atoms with Crippen LogP contribution >= 0.6 is 0 Å². The van der Waals surface area contributed by atoms with Crippen molar-refractivity contribution in [1.82, 2.24) is 0 Å². The van der Waals surface area contributed by atoms with Gasteiger partial charge in [-0.1, -0.05) is 31.5 Å². The lowest BCUT2D eigenvalue weighted by atomic mass is 10.0. The van der Waals surface area contributed by atoms with Gasteiger partial charge in [0, 0.05) is 23.6 Å². The third-order valence-corrected chi connectivity index (χ3v) is 3.87. The van der Waals surface area contributed by atoms with Gasteiger partial charge < -0.3 is 18.9 Å². The Hall–Kier alpha value is -2.76. The van der Waals surface area contributed by atoms with Gasteiger partial charge in [0.15, 0.2) is 11.5 Å². The van der Waals surface area contributed by atoms with E-state index in [-0.39, 0.29) is 41.8 Å². The van der Waals surface area contributed by atoms with Gasteiger partial charge in [-0.2, -0.15) is 0 Å². The van der Waals surface area contributed by atoms with E-state index in [4.69, 9.17) is 18.9 Å². The molecule has 0 atom stereocenters. The van der Waals surface area contributed by atoms with E-state index in [9.17, 15) is 9.59 Å². The summed E-state index contributed by atoms with van der Waals surface area (Å²) in [7, 11) is 2.89. The number of methoxy groups -OCH3 is 2. The highest BCUT2D eigenvalue weighted by molar-refractivity contribution is 6.01. The van der Waals surface area contributed by atoms with Crippen LogP contribution in [-0.2, 0) is 9.59 Å².